The zero-order chi connectivity index (χ0) is 34.7. The summed E-state index contributed by atoms with van der Waals surface area (Å²) in [7, 11) is 0. The minimum Gasteiger partial charge on any atom is -0.477 e. The average Bonchev–Trinajstić information content (AvgIpc) is 3.52. The second-order valence-corrected chi connectivity index (χ2v) is 16.0. The van der Waals surface area contributed by atoms with Crippen molar-refractivity contribution in [2.24, 2.45) is 23.2 Å². The highest BCUT2D eigenvalue weighted by Gasteiger charge is 2.51. The number of hydrogen-bond acceptors (Lipinski definition) is 9. The number of carbonyl (C=O) groups excluding carboxylic acids is 1. The topological polar surface area (TPSA) is 127 Å². The van der Waals surface area contributed by atoms with Crippen LogP contribution in [0.5, 0.6) is 11.8 Å². The molecule has 4 fully saturated rings. The fourth-order valence-corrected chi connectivity index (χ4v) is 10.6. The van der Waals surface area contributed by atoms with Crippen LogP contribution in [0.3, 0.4) is 0 Å². The molecule has 3 aromatic heterocycles. The van der Waals surface area contributed by atoms with E-state index in [1.807, 2.05) is 67.6 Å². The lowest BCUT2D eigenvalue weighted by atomic mass is 9.50. The maximum absolute atomic E-state index is 13.6. The number of carbonyl (C=O) groups is 2. The number of benzene rings is 2. The molecule has 11 heteroatoms. The number of anilines is 2. The number of fused-ring (bicyclic) bond motifs is 2. The van der Waals surface area contributed by atoms with Crippen molar-refractivity contribution in [3.63, 3.8) is 0 Å². The number of rotatable bonds is 8. The van der Waals surface area contributed by atoms with Gasteiger partial charge in [0.05, 0.1) is 16.8 Å². The molecule has 51 heavy (non-hydrogen) atoms. The summed E-state index contributed by atoms with van der Waals surface area (Å²) < 4.78 is 12.8. The molecule has 4 saturated carbocycles. The van der Waals surface area contributed by atoms with Crippen molar-refractivity contribution < 1.29 is 24.2 Å². The highest BCUT2D eigenvalue weighted by molar-refractivity contribution is 7.22. The summed E-state index contributed by atoms with van der Waals surface area (Å²) in [6, 6.07) is 19.2. The third-order valence-electron chi connectivity index (χ3n) is 11.5. The molecule has 1 amide bonds. The molecule has 4 aliphatic carbocycles. The Morgan fingerprint density at radius 3 is 2.49 bits per heavy atom. The van der Waals surface area contributed by atoms with E-state index in [-0.39, 0.29) is 17.2 Å². The molecule has 0 spiro atoms. The van der Waals surface area contributed by atoms with Gasteiger partial charge < -0.3 is 19.5 Å². The van der Waals surface area contributed by atoms with Crippen molar-refractivity contribution >= 4 is 44.6 Å². The van der Waals surface area contributed by atoms with Crippen LogP contribution in [0.4, 0.5) is 15.7 Å². The van der Waals surface area contributed by atoms with E-state index in [2.05, 4.69) is 20.2 Å². The first-order valence-electron chi connectivity index (χ1n) is 17.8. The Morgan fingerprint density at radius 1 is 0.941 bits per heavy atom. The van der Waals surface area contributed by atoms with E-state index in [1.165, 1.54) is 49.9 Å². The highest BCUT2D eigenvalue weighted by Crippen LogP contribution is 2.60. The van der Waals surface area contributed by atoms with Crippen LogP contribution in [0, 0.1) is 30.1 Å². The van der Waals surface area contributed by atoms with Gasteiger partial charge in [-0.05, 0) is 123 Å². The normalized spacial score (nSPS) is 23.2. The van der Waals surface area contributed by atoms with Crippen LogP contribution < -0.4 is 19.7 Å². The summed E-state index contributed by atoms with van der Waals surface area (Å²) >= 11 is 1.44. The first-order chi connectivity index (χ1) is 24.8. The van der Waals surface area contributed by atoms with Gasteiger partial charge in [0.25, 0.3) is 5.91 Å². The Hall–Kier alpha value is -5.03. The van der Waals surface area contributed by atoms with E-state index >= 15 is 0 Å². The number of ether oxygens (including phenoxy) is 2. The molecule has 2 aromatic carbocycles. The fourth-order valence-electron chi connectivity index (χ4n) is 9.69. The summed E-state index contributed by atoms with van der Waals surface area (Å²) in [5.74, 6) is 3.41. The maximum atomic E-state index is 13.6. The Bertz CT molecular complexity index is 2110. The minimum absolute atomic E-state index is 0.00556. The average molecular weight is 702 g/mol. The second kappa shape index (κ2) is 12.6. The van der Waals surface area contributed by atoms with Crippen LogP contribution >= 0.6 is 11.3 Å². The van der Waals surface area contributed by atoms with Crippen LogP contribution in [0.15, 0.2) is 66.9 Å². The molecule has 5 aromatic rings. The monoisotopic (exact) mass is 701 g/mol. The minimum atomic E-state index is -1.44. The number of aromatic nitrogens is 3. The van der Waals surface area contributed by atoms with Crippen molar-refractivity contribution in [3.8, 4) is 22.9 Å². The lowest BCUT2D eigenvalue weighted by Gasteiger charge is -2.56. The molecule has 10 rings (SSSR count). The molecule has 0 atom stereocenters. The predicted molar refractivity (Wildman–Crippen MR) is 196 cm³/mol. The molecule has 0 radical (unpaired) electrons. The molecule has 0 saturated heterocycles. The van der Waals surface area contributed by atoms with Gasteiger partial charge in [-0.2, -0.15) is 4.98 Å². The number of carboxylic acid groups (broad SMARTS) is 1. The van der Waals surface area contributed by atoms with Crippen LogP contribution in [0.2, 0.25) is 0 Å². The van der Waals surface area contributed by atoms with Crippen LogP contribution in [-0.2, 0) is 13.0 Å². The molecule has 10 nitrogen and oxygen atoms in total. The van der Waals surface area contributed by atoms with Gasteiger partial charge in [0.15, 0.2) is 5.13 Å². The Labute approximate surface area is 299 Å². The third kappa shape index (κ3) is 6.07. The highest BCUT2D eigenvalue weighted by atomic mass is 32.1. The van der Waals surface area contributed by atoms with Crippen molar-refractivity contribution in [1.82, 2.24) is 15.0 Å². The number of amides is 1. The number of hydrogen-bond donors (Lipinski definition) is 2. The van der Waals surface area contributed by atoms with E-state index in [4.69, 9.17) is 14.5 Å². The fraction of sp³-hybridized carbons (Fsp3) is 0.375. The van der Waals surface area contributed by atoms with Crippen LogP contribution in [-0.4, -0.2) is 45.3 Å². The van der Waals surface area contributed by atoms with Gasteiger partial charge in [0.1, 0.15) is 5.82 Å². The van der Waals surface area contributed by atoms with Crippen molar-refractivity contribution in [2.45, 2.75) is 58.4 Å². The molecule has 260 valence electrons. The largest absolute Gasteiger partial charge is 0.512 e. The maximum Gasteiger partial charge on any atom is 0.512 e. The zero-order valence-electron chi connectivity index (χ0n) is 28.4. The van der Waals surface area contributed by atoms with E-state index in [0.717, 1.165) is 50.2 Å². The molecular weight excluding hydrogens is 663 g/mol. The van der Waals surface area contributed by atoms with Gasteiger partial charge >= 0.3 is 6.16 Å². The number of pyridine rings is 2. The molecule has 4 heterocycles. The van der Waals surface area contributed by atoms with Gasteiger partial charge in [0, 0.05) is 41.4 Å². The van der Waals surface area contributed by atoms with Gasteiger partial charge in [-0.3, -0.25) is 10.1 Å². The Balaban J connectivity index is 0.963. The van der Waals surface area contributed by atoms with Crippen molar-refractivity contribution in [2.75, 3.05) is 23.4 Å². The SMILES string of the molecule is Cc1c(-c2ccc(N3CCc4cccc(C(=O)Nc5nc6ccccc6s5)c4C3)nc2OC(=O)O)ccnc1OCC12CC3CC(CC(C3)C1)C2. The van der Waals surface area contributed by atoms with E-state index in [0.29, 0.717) is 54.1 Å². The molecule has 2 N–H and O–H groups in total. The summed E-state index contributed by atoms with van der Waals surface area (Å²) in [4.78, 5) is 41.5. The van der Waals surface area contributed by atoms with Crippen molar-refractivity contribution in [1.29, 1.82) is 0 Å². The smallest absolute Gasteiger partial charge is 0.477 e. The Kier molecular flexibility index (Phi) is 7.90. The predicted octanol–water partition coefficient (Wildman–Crippen LogP) is 8.53. The van der Waals surface area contributed by atoms with E-state index < -0.39 is 6.16 Å². The summed E-state index contributed by atoms with van der Waals surface area (Å²) in [6.07, 6.45) is 8.85. The van der Waals surface area contributed by atoms with Gasteiger partial charge in [-0.25, -0.2) is 14.8 Å². The quantitative estimate of drug-likeness (QED) is 0.153. The van der Waals surface area contributed by atoms with Crippen LogP contribution in [0.1, 0.15) is 65.6 Å². The lowest BCUT2D eigenvalue weighted by Crippen LogP contribution is -2.48. The molecule has 5 aliphatic rings. The second-order valence-electron chi connectivity index (χ2n) is 14.9. The van der Waals surface area contributed by atoms with Gasteiger partial charge in [0.2, 0.25) is 11.8 Å². The summed E-state index contributed by atoms with van der Waals surface area (Å²) in [6.45, 7) is 3.69. The number of thiazole rings is 1. The molecular formula is C40H39N5O5S. The third-order valence-corrected chi connectivity index (χ3v) is 12.5. The summed E-state index contributed by atoms with van der Waals surface area (Å²) in [5, 5.41) is 13.3. The standard InChI is InChI=1S/C40H39N5O5S/c1-23-28(11-13-41-36(23)49-22-40-18-24-15-25(19-40)17-26(16-24)20-40)30-9-10-34(43-37(30)50-39(47)48)45-14-12-27-5-4-6-29(31(27)21-45)35(46)44-38-42-32-7-2-3-8-33(32)51-38/h2-11,13,24-26H,12,14-22H2,1H3,(H,47,48)(H,42,44,46). The molecule has 1 aliphatic heterocycles. The Morgan fingerprint density at radius 2 is 1.73 bits per heavy atom. The zero-order valence-corrected chi connectivity index (χ0v) is 29.2. The number of nitrogens with one attached hydrogen (secondary N) is 1. The van der Waals surface area contributed by atoms with Gasteiger partial charge in [-0.15, -0.1) is 0 Å². The molecule has 4 bridgehead atoms. The first-order valence-corrected chi connectivity index (χ1v) is 18.6. The van der Waals surface area contributed by atoms with Crippen molar-refractivity contribution in [3.05, 3.63) is 89.1 Å². The lowest BCUT2D eigenvalue weighted by molar-refractivity contribution is -0.0752. The summed E-state index contributed by atoms with van der Waals surface area (Å²) in [5.41, 5.74) is 5.79. The molecule has 0 unspecified atom stereocenters. The number of nitrogens with zero attached hydrogens (tertiary/aromatic N) is 4. The van der Waals surface area contributed by atoms with Crippen LogP contribution in [0.25, 0.3) is 21.3 Å². The number of para-hydroxylation sites is 1. The first kappa shape index (κ1) is 31.9. The van der Waals surface area contributed by atoms with E-state index in [9.17, 15) is 14.7 Å². The van der Waals surface area contributed by atoms with Gasteiger partial charge in [-0.1, -0.05) is 35.6 Å². The van der Waals surface area contributed by atoms with E-state index in [1.54, 1.807) is 6.20 Å².